The zero-order valence-corrected chi connectivity index (χ0v) is 14.8. The number of furan rings is 1. The molecule has 0 saturated carbocycles. The number of aromatic nitrogens is 2. The van der Waals surface area contributed by atoms with E-state index in [9.17, 15) is 4.79 Å². The predicted molar refractivity (Wildman–Crippen MR) is 99.6 cm³/mol. The number of nitrogens with one attached hydrogen (secondary N) is 2. The van der Waals surface area contributed by atoms with Gasteiger partial charge >= 0.3 is 0 Å². The third-order valence-corrected chi connectivity index (χ3v) is 4.67. The summed E-state index contributed by atoms with van der Waals surface area (Å²) in [4.78, 5) is 13.7. The van der Waals surface area contributed by atoms with Crippen LogP contribution in [0, 0.1) is 6.92 Å². The van der Waals surface area contributed by atoms with E-state index < -0.39 is 0 Å². The van der Waals surface area contributed by atoms with Crippen LogP contribution in [0.4, 0.5) is 5.69 Å². The summed E-state index contributed by atoms with van der Waals surface area (Å²) in [6.07, 6.45) is 3.43. The quantitative estimate of drug-likeness (QED) is 0.715. The smallest absolute Gasteiger partial charge is 0.227 e. The van der Waals surface area contributed by atoms with Crippen molar-refractivity contribution in [3.05, 3.63) is 59.5 Å². The van der Waals surface area contributed by atoms with Gasteiger partial charge < -0.3 is 14.6 Å². The van der Waals surface area contributed by atoms with E-state index in [0.717, 1.165) is 48.0 Å². The molecular formula is C20H22N4O2. The second kappa shape index (κ2) is 7.17. The summed E-state index contributed by atoms with van der Waals surface area (Å²) in [5.74, 6) is 1.90. The van der Waals surface area contributed by atoms with Crippen molar-refractivity contribution < 1.29 is 9.21 Å². The molecular weight excluding hydrogens is 328 g/mol. The fourth-order valence-electron chi connectivity index (χ4n) is 3.28. The maximum absolute atomic E-state index is 11.8. The molecule has 1 fully saturated rings. The van der Waals surface area contributed by atoms with E-state index in [1.807, 2.05) is 42.3 Å². The number of aromatic amines is 1. The zero-order valence-electron chi connectivity index (χ0n) is 14.8. The molecule has 4 rings (SSSR count). The Morgan fingerprint density at radius 3 is 2.73 bits per heavy atom. The second-order valence-electron chi connectivity index (χ2n) is 6.60. The Morgan fingerprint density at radius 1 is 1.19 bits per heavy atom. The van der Waals surface area contributed by atoms with Crippen LogP contribution in [0.15, 0.2) is 47.0 Å². The van der Waals surface area contributed by atoms with Crippen molar-refractivity contribution in [1.82, 2.24) is 15.5 Å². The van der Waals surface area contributed by atoms with Gasteiger partial charge in [-0.05, 0) is 43.2 Å². The fraction of sp³-hybridized carbons (Fsp3) is 0.300. The minimum Gasteiger partial charge on any atom is -0.460 e. The van der Waals surface area contributed by atoms with E-state index in [4.69, 9.17) is 4.42 Å². The molecule has 1 aromatic carbocycles. The average molecular weight is 350 g/mol. The van der Waals surface area contributed by atoms with Gasteiger partial charge in [0.15, 0.2) is 5.76 Å². The lowest BCUT2D eigenvalue weighted by molar-refractivity contribution is -0.117. The molecule has 3 aromatic rings. The third-order valence-electron chi connectivity index (χ3n) is 4.67. The Kier molecular flexibility index (Phi) is 4.58. The molecule has 0 spiro atoms. The molecule has 6 heteroatoms. The van der Waals surface area contributed by atoms with Crippen LogP contribution in [0.3, 0.4) is 0 Å². The molecule has 1 aliphatic heterocycles. The van der Waals surface area contributed by atoms with Gasteiger partial charge in [-0.3, -0.25) is 9.89 Å². The Labute approximate surface area is 152 Å². The van der Waals surface area contributed by atoms with Crippen molar-refractivity contribution in [3.8, 4) is 11.5 Å². The normalized spacial score (nSPS) is 14.3. The first kappa shape index (κ1) is 16.6. The zero-order chi connectivity index (χ0) is 17.9. The van der Waals surface area contributed by atoms with Gasteiger partial charge in [-0.15, -0.1) is 0 Å². The van der Waals surface area contributed by atoms with Crippen molar-refractivity contribution in [2.24, 2.45) is 0 Å². The van der Waals surface area contributed by atoms with Gasteiger partial charge in [-0.1, -0.05) is 12.1 Å². The predicted octanol–water partition coefficient (Wildman–Crippen LogP) is 3.39. The number of carbonyl (C=O) groups is 1. The first-order chi connectivity index (χ1) is 12.7. The number of carbonyl (C=O) groups excluding carboxylic acids is 1. The second-order valence-corrected chi connectivity index (χ2v) is 6.60. The van der Waals surface area contributed by atoms with Crippen molar-refractivity contribution >= 4 is 11.6 Å². The number of amides is 1. The minimum atomic E-state index is 0.219. The topological polar surface area (TPSA) is 74.2 Å². The number of anilines is 1. The van der Waals surface area contributed by atoms with Crippen molar-refractivity contribution in [2.75, 3.05) is 11.4 Å². The molecule has 0 radical (unpaired) electrons. The molecule has 2 N–H and O–H groups in total. The van der Waals surface area contributed by atoms with Gasteiger partial charge in [0, 0.05) is 37.3 Å². The molecule has 0 bridgehead atoms. The van der Waals surface area contributed by atoms with Crippen molar-refractivity contribution in [1.29, 1.82) is 0 Å². The van der Waals surface area contributed by atoms with Crippen LogP contribution in [-0.4, -0.2) is 22.6 Å². The van der Waals surface area contributed by atoms with Crippen LogP contribution in [0.2, 0.25) is 0 Å². The summed E-state index contributed by atoms with van der Waals surface area (Å²) in [5.41, 5.74) is 4.15. The summed E-state index contributed by atoms with van der Waals surface area (Å²) in [5, 5.41) is 10.6. The number of hydrogen-bond donors (Lipinski definition) is 2. The van der Waals surface area contributed by atoms with Crippen LogP contribution in [0.25, 0.3) is 11.5 Å². The van der Waals surface area contributed by atoms with Crippen molar-refractivity contribution in [3.63, 3.8) is 0 Å². The number of rotatable bonds is 6. The number of hydrogen-bond acceptors (Lipinski definition) is 4. The number of H-pyrrole nitrogens is 1. The van der Waals surface area contributed by atoms with Crippen LogP contribution in [-0.2, 0) is 17.9 Å². The van der Waals surface area contributed by atoms with Crippen LogP contribution < -0.4 is 10.2 Å². The van der Waals surface area contributed by atoms with Crippen LogP contribution in [0.5, 0.6) is 0 Å². The van der Waals surface area contributed by atoms with Crippen LogP contribution >= 0.6 is 0 Å². The fourth-order valence-corrected chi connectivity index (χ4v) is 3.28. The molecule has 26 heavy (non-hydrogen) atoms. The highest BCUT2D eigenvalue weighted by atomic mass is 16.3. The maximum Gasteiger partial charge on any atom is 0.227 e. The molecule has 1 amide bonds. The highest BCUT2D eigenvalue weighted by Crippen LogP contribution is 2.24. The highest BCUT2D eigenvalue weighted by Gasteiger charge is 2.21. The Balaban J connectivity index is 1.35. The molecule has 0 unspecified atom stereocenters. The number of aryl methyl sites for hydroxylation is 1. The number of benzene rings is 1. The molecule has 3 heterocycles. The van der Waals surface area contributed by atoms with Gasteiger partial charge in [-0.25, -0.2) is 0 Å². The summed E-state index contributed by atoms with van der Waals surface area (Å²) in [7, 11) is 0. The summed E-state index contributed by atoms with van der Waals surface area (Å²) >= 11 is 0. The van der Waals surface area contributed by atoms with E-state index in [0.29, 0.717) is 13.0 Å². The van der Waals surface area contributed by atoms with E-state index in [1.54, 1.807) is 0 Å². The molecule has 0 atom stereocenters. The lowest BCUT2D eigenvalue weighted by atomic mass is 10.1. The third kappa shape index (κ3) is 3.41. The van der Waals surface area contributed by atoms with E-state index >= 15 is 0 Å². The molecule has 134 valence electrons. The Hall–Kier alpha value is -2.86. The van der Waals surface area contributed by atoms with E-state index in [-0.39, 0.29) is 5.91 Å². The average Bonchev–Trinajstić information content (AvgIpc) is 3.37. The van der Waals surface area contributed by atoms with E-state index in [2.05, 4.69) is 27.6 Å². The highest BCUT2D eigenvalue weighted by molar-refractivity contribution is 5.95. The Morgan fingerprint density at radius 2 is 2.04 bits per heavy atom. The monoisotopic (exact) mass is 350 g/mol. The maximum atomic E-state index is 11.8. The minimum absolute atomic E-state index is 0.219. The Bertz CT molecular complexity index is 895. The largest absolute Gasteiger partial charge is 0.460 e. The first-order valence-electron chi connectivity index (χ1n) is 8.90. The lowest BCUT2D eigenvalue weighted by Gasteiger charge is -2.16. The molecule has 1 aliphatic rings. The molecule has 2 aromatic heterocycles. The standard InChI is InChI=1S/C20H22N4O2/c1-14-4-9-18(26-14)20-16(13-22-23-20)12-21-11-15-5-7-17(8-6-15)24-10-2-3-19(24)25/h4-9,13,21H,2-3,10-12H2,1H3,(H,22,23). The summed E-state index contributed by atoms with van der Waals surface area (Å²) in [6.45, 7) is 4.19. The van der Waals surface area contributed by atoms with Gasteiger partial charge in [0.25, 0.3) is 0 Å². The molecule has 6 nitrogen and oxygen atoms in total. The van der Waals surface area contributed by atoms with E-state index in [1.165, 1.54) is 5.56 Å². The summed E-state index contributed by atoms with van der Waals surface area (Å²) in [6, 6.07) is 12.1. The van der Waals surface area contributed by atoms with Crippen LogP contribution in [0.1, 0.15) is 29.7 Å². The van der Waals surface area contributed by atoms with Gasteiger partial charge in [0.1, 0.15) is 11.5 Å². The van der Waals surface area contributed by atoms with Gasteiger partial charge in [0.05, 0.1) is 6.20 Å². The summed E-state index contributed by atoms with van der Waals surface area (Å²) < 4.78 is 5.67. The van der Waals surface area contributed by atoms with Gasteiger partial charge in [-0.2, -0.15) is 5.10 Å². The molecule has 0 aliphatic carbocycles. The van der Waals surface area contributed by atoms with Crippen molar-refractivity contribution in [2.45, 2.75) is 32.9 Å². The lowest BCUT2D eigenvalue weighted by Crippen LogP contribution is -2.23. The first-order valence-corrected chi connectivity index (χ1v) is 8.90. The molecule has 1 saturated heterocycles. The number of nitrogens with zero attached hydrogens (tertiary/aromatic N) is 2. The van der Waals surface area contributed by atoms with Gasteiger partial charge in [0.2, 0.25) is 5.91 Å². The SMILES string of the molecule is Cc1ccc(-c2[nH]ncc2CNCc2ccc(N3CCCC3=O)cc2)o1.